The van der Waals surface area contributed by atoms with E-state index in [0.29, 0.717) is 30.8 Å². The van der Waals surface area contributed by atoms with E-state index in [0.717, 1.165) is 36.1 Å². The Morgan fingerprint density at radius 1 is 1.20 bits per heavy atom. The maximum Gasteiger partial charge on any atom is 0.233 e. The lowest BCUT2D eigenvalue weighted by atomic mass is 9.67. The predicted octanol–water partition coefficient (Wildman–Crippen LogP) is 4.97. The molecule has 2 unspecified atom stereocenters. The summed E-state index contributed by atoms with van der Waals surface area (Å²) in [6.45, 7) is 0.928. The summed E-state index contributed by atoms with van der Waals surface area (Å²) in [4.78, 5) is 16.2. The number of azo groups is 1. The lowest BCUT2D eigenvalue weighted by molar-refractivity contribution is -0.130. The van der Waals surface area contributed by atoms with Crippen LogP contribution in [0.4, 0.5) is 10.1 Å². The fraction of sp³-hybridized carbons (Fsp3) is 0.370. The van der Waals surface area contributed by atoms with Gasteiger partial charge in [0, 0.05) is 30.0 Å². The summed E-state index contributed by atoms with van der Waals surface area (Å²) in [5.74, 6) is -0.0839. The summed E-state index contributed by atoms with van der Waals surface area (Å²) >= 11 is 0. The summed E-state index contributed by atoms with van der Waals surface area (Å²) in [7, 11) is -3.30. The van der Waals surface area contributed by atoms with E-state index in [9.17, 15) is 17.6 Å². The number of rotatable bonds is 3. The molecular weight excluding hydrogens is 465 g/mol. The van der Waals surface area contributed by atoms with E-state index in [1.807, 2.05) is 11.0 Å². The van der Waals surface area contributed by atoms with E-state index in [2.05, 4.69) is 16.3 Å². The van der Waals surface area contributed by atoms with Gasteiger partial charge in [0.05, 0.1) is 22.6 Å². The fourth-order valence-electron chi connectivity index (χ4n) is 6.25. The Labute approximate surface area is 204 Å². The highest BCUT2D eigenvalue weighted by molar-refractivity contribution is 7.90. The van der Waals surface area contributed by atoms with E-state index in [4.69, 9.17) is 0 Å². The molecular formula is C27H26FN3O3S. The smallest absolute Gasteiger partial charge is 0.233 e. The zero-order valence-electron chi connectivity index (χ0n) is 19.4. The maximum atomic E-state index is 14.4. The number of hydrogen-bond acceptors (Lipinski definition) is 5. The number of benzene rings is 2. The highest BCUT2D eigenvalue weighted by atomic mass is 32.2. The van der Waals surface area contributed by atoms with Gasteiger partial charge in [-0.05, 0) is 79.1 Å². The Hall–Kier alpha value is -3.13. The maximum absolute atomic E-state index is 14.4. The van der Waals surface area contributed by atoms with Crippen molar-refractivity contribution < 1.29 is 17.6 Å². The SMILES string of the molecule is CS(=O)(=O)c1ccc2c(c1)CCN2C(=O)[C@@]12CCC(C1)C1=CC2CN=NC(c2ccccc2F)=C1. The van der Waals surface area contributed by atoms with Crippen molar-refractivity contribution >= 4 is 27.1 Å². The van der Waals surface area contributed by atoms with Crippen LogP contribution in [0.5, 0.6) is 0 Å². The van der Waals surface area contributed by atoms with Gasteiger partial charge in [0.2, 0.25) is 5.91 Å². The molecule has 0 radical (unpaired) electrons. The highest BCUT2D eigenvalue weighted by Gasteiger charge is 2.55. The monoisotopic (exact) mass is 491 g/mol. The van der Waals surface area contributed by atoms with Gasteiger partial charge >= 0.3 is 0 Å². The van der Waals surface area contributed by atoms with Crippen molar-refractivity contribution in [2.24, 2.45) is 27.5 Å². The number of fused-ring (bicyclic) bond motifs is 6. The summed E-state index contributed by atoms with van der Waals surface area (Å²) in [6.07, 6.45) is 8.36. The lowest BCUT2D eigenvalue weighted by Gasteiger charge is -2.40. The Morgan fingerprint density at radius 3 is 2.83 bits per heavy atom. The number of sulfone groups is 1. The van der Waals surface area contributed by atoms with Gasteiger partial charge in [-0.15, -0.1) is 0 Å². The second-order valence-corrected chi connectivity index (χ2v) is 12.1. The number of anilines is 1. The minimum atomic E-state index is -3.30. The minimum Gasteiger partial charge on any atom is -0.311 e. The molecule has 2 aliphatic heterocycles. The lowest BCUT2D eigenvalue weighted by Crippen LogP contribution is -2.48. The van der Waals surface area contributed by atoms with Crippen LogP contribution in [0.2, 0.25) is 0 Å². The number of halogens is 1. The second-order valence-electron chi connectivity index (χ2n) is 10.1. The second kappa shape index (κ2) is 7.95. The third-order valence-corrected chi connectivity index (χ3v) is 9.19. The molecule has 2 aromatic rings. The molecule has 1 fully saturated rings. The van der Waals surface area contributed by atoms with Crippen LogP contribution in [0.25, 0.3) is 5.70 Å². The quantitative estimate of drug-likeness (QED) is 0.608. The van der Waals surface area contributed by atoms with E-state index in [1.165, 1.54) is 12.3 Å². The molecule has 3 atom stereocenters. The van der Waals surface area contributed by atoms with Crippen molar-refractivity contribution in [2.75, 3.05) is 24.2 Å². The third kappa shape index (κ3) is 3.57. The van der Waals surface area contributed by atoms with Crippen LogP contribution in [-0.2, 0) is 21.1 Å². The number of nitrogens with zero attached hydrogens (tertiary/aromatic N) is 3. The van der Waals surface area contributed by atoms with E-state index in [-0.39, 0.29) is 28.5 Å². The fourth-order valence-corrected chi connectivity index (χ4v) is 6.92. The Kier molecular flexibility index (Phi) is 5.07. The molecule has 4 bridgehead atoms. The third-order valence-electron chi connectivity index (χ3n) is 8.08. The number of amides is 1. The summed E-state index contributed by atoms with van der Waals surface area (Å²) in [6, 6.07) is 11.6. The van der Waals surface area contributed by atoms with Gasteiger partial charge in [-0.1, -0.05) is 18.2 Å². The zero-order valence-corrected chi connectivity index (χ0v) is 20.3. The molecule has 8 heteroatoms. The van der Waals surface area contributed by atoms with Crippen molar-refractivity contribution in [1.29, 1.82) is 0 Å². The van der Waals surface area contributed by atoms with Crippen LogP contribution in [-0.4, -0.2) is 33.7 Å². The van der Waals surface area contributed by atoms with E-state index >= 15 is 0 Å². The topological polar surface area (TPSA) is 79.2 Å². The molecule has 0 aromatic heterocycles. The van der Waals surface area contributed by atoms with Crippen molar-refractivity contribution in [2.45, 2.75) is 30.6 Å². The van der Waals surface area contributed by atoms with Crippen molar-refractivity contribution in [1.82, 2.24) is 0 Å². The molecule has 2 heterocycles. The molecule has 0 spiro atoms. The van der Waals surface area contributed by atoms with Crippen molar-refractivity contribution in [3.8, 4) is 0 Å². The number of hydrogen-bond donors (Lipinski definition) is 0. The van der Waals surface area contributed by atoms with Crippen molar-refractivity contribution in [3.05, 3.63) is 77.1 Å². The molecule has 1 saturated carbocycles. The largest absolute Gasteiger partial charge is 0.311 e. The number of allylic oxidation sites excluding steroid dienone is 2. The molecule has 1 amide bonds. The van der Waals surface area contributed by atoms with Gasteiger partial charge in [0.1, 0.15) is 5.82 Å². The molecule has 6 rings (SSSR count). The van der Waals surface area contributed by atoms with Gasteiger partial charge in [0.25, 0.3) is 0 Å². The Morgan fingerprint density at radius 2 is 2.03 bits per heavy atom. The first-order chi connectivity index (χ1) is 16.8. The first kappa shape index (κ1) is 22.3. The zero-order chi connectivity index (χ0) is 24.4. The normalized spacial score (nSPS) is 27.1. The molecule has 2 aromatic carbocycles. The van der Waals surface area contributed by atoms with Gasteiger partial charge < -0.3 is 4.90 Å². The molecule has 0 saturated heterocycles. The number of carbonyl (C=O) groups excluding carboxylic acids is 1. The molecule has 6 nitrogen and oxygen atoms in total. The molecule has 2 aliphatic carbocycles. The van der Waals surface area contributed by atoms with Crippen LogP contribution in [0.15, 0.2) is 75.3 Å². The molecule has 180 valence electrons. The Bertz CT molecular complexity index is 1450. The highest BCUT2D eigenvalue weighted by Crippen LogP contribution is 2.56. The predicted molar refractivity (Wildman–Crippen MR) is 131 cm³/mol. The van der Waals surface area contributed by atoms with Crippen LogP contribution >= 0.6 is 0 Å². The van der Waals surface area contributed by atoms with Crippen LogP contribution in [0, 0.1) is 23.1 Å². The molecule has 0 N–H and O–H groups in total. The average Bonchev–Trinajstić information content (AvgIpc) is 3.41. The minimum absolute atomic E-state index is 0.0785. The first-order valence-electron chi connectivity index (χ1n) is 12.0. The average molecular weight is 492 g/mol. The van der Waals surface area contributed by atoms with Crippen LogP contribution in [0.3, 0.4) is 0 Å². The van der Waals surface area contributed by atoms with Crippen LogP contribution in [0.1, 0.15) is 30.4 Å². The standard InChI is InChI=1S/C27H26FN3O3S/c1-35(33,34)21-6-7-25-17(13-21)9-11-31(25)26(32)27-10-8-18(15-27)19-12-20(27)16-29-30-24(14-19)22-4-2-3-5-23(22)28/h2-7,12-14,18,20H,8-11,15-16H2,1H3/t18?,20?,27-/m0/s1. The van der Waals surface area contributed by atoms with Gasteiger partial charge in [-0.2, -0.15) is 10.2 Å². The van der Waals surface area contributed by atoms with Gasteiger partial charge in [-0.25, -0.2) is 12.8 Å². The summed E-state index contributed by atoms with van der Waals surface area (Å²) in [5, 5.41) is 8.79. The van der Waals surface area contributed by atoms with Crippen LogP contribution < -0.4 is 4.90 Å². The van der Waals surface area contributed by atoms with Crippen molar-refractivity contribution in [3.63, 3.8) is 0 Å². The van der Waals surface area contributed by atoms with Gasteiger partial charge in [0.15, 0.2) is 9.84 Å². The molecule has 4 aliphatic rings. The summed E-state index contributed by atoms with van der Waals surface area (Å²) < 4.78 is 38.4. The van der Waals surface area contributed by atoms with E-state index < -0.39 is 15.3 Å². The first-order valence-corrected chi connectivity index (χ1v) is 13.9. The Balaban J connectivity index is 1.34. The van der Waals surface area contributed by atoms with E-state index in [1.54, 1.807) is 36.4 Å². The molecule has 35 heavy (non-hydrogen) atoms. The summed E-state index contributed by atoms with van der Waals surface area (Å²) in [5.41, 5.74) is 3.23. The van der Waals surface area contributed by atoms with Gasteiger partial charge in [-0.3, -0.25) is 4.79 Å². The number of carbonyl (C=O) groups is 1.